The first kappa shape index (κ1) is 13.1. The van der Waals surface area contributed by atoms with Gasteiger partial charge in [0, 0.05) is 25.6 Å². The van der Waals surface area contributed by atoms with Crippen molar-refractivity contribution in [3.05, 3.63) is 23.7 Å². The van der Waals surface area contributed by atoms with Gasteiger partial charge < -0.3 is 15.1 Å². The number of carbonyl (C=O) groups excluding carboxylic acids is 1. The van der Waals surface area contributed by atoms with Crippen molar-refractivity contribution in [2.75, 3.05) is 13.1 Å². The van der Waals surface area contributed by atoms with Gasteiger partial charge in [-0.05, 0) is 30.9 Å². The Bertz CT molecular complexity index is 414. The highest BCUT2D eigenvalue weighted by Gasteiger charge is 2.32. The van der Waals surface area contributed by atoms with Crippen LogP contribution in [0.2, 0.25) is 0 Å². The van der Waals surface area contributed by atoms with Crippen LogP contribution in [0.3, 0.4) is 0 Å². The summed E-state index contributed by atoms with van der Waals surface area (Å²) in [5, 5.41) is 0. The van der Waals surface area contributed by atoms with Crippen molar-refractivity contribution < 1.29 is 9.21 Å². The zero-order valence-corrected chi connectivity index (χ0v) is 11.2. The van der Waals surface area contributed by atoms with Crippen molar-refractivity contribution >= 4 is 5.91 Å². The molecule has 4 heteroatoms. The van der Waals surface area contributed by atoms with Crippen LogP contribution in [0, 0.1) is 5.92 Å². The summed E-state index contributed by atoms with van der Waals surface area (Å²) in [7, 11) is 0. The molecule has 2 heterocycles. The molecule has 0 spiro atoms. The number of hydrogen-bond acceptors (Lipinski definition) is 3. The van der Waals surface area contributed by atoms with E-state index in [-0.39, 0.29) is 11.9 Å². The number of carbonyl (C=O) groups is 1. The normalized spacial score (nSPS) is 24.3. The van der Waals surface area contributed by atoms with E-state index in [9.17, 15) is 4.79 Å². The summed E-state index contributed by atoms with van der Waals surface area (Å²) in [5.41, 5.74) is 5.81. The molecule has 0 aromatic carbocycles. The molecule has 2 atom stereocenters. The Hall–Kier alpha value is -1.29. The fourth-order valence-electron chi connectivity index (χ4n) is 2.69. The predicted molar refractivity (Wildman–Crippen MR) is 70.4 cm³/mol. The standard InChI is InChI=1S/C14H22N2O2/c1-3-11-6-7-13(18-11)14(17)16-8-4-5-10(2)12(16)9-15/h6-7,10,12H,3-5,8-9,15H2,1-2H3. The smallest absolute Gasteiger partial charge is 0.289 e. The third-order valence-electron chi connectivity index (χ3n) is 3.84. The second kappa shape index (κ2) is 5.57. The van der Waals surface area contributed by atoms with Gasteiger partial charge in [-0.2, -0.15) is 0 Å². The summed E-state index contributed by atoms with van der Waals surface area (Å²) in [6.45, 7) is 5.48. The van der Waals surface area contributed by atoms with Gasteiger partial charge >= 0.3 is 0 Å². The van der Waals surface area contributed by atoms with E-state index >= 15 is 0 Å². The molecule has 1 aliphatic heterocycles. The van der Waals surface area contributed by atoms with Crippen molar-refractivity contribution in [3.63, 3.8) is 0 Å². The minimum atomic E-state index is -0.0169. The van der Waals surface area contributed by atoms with Crippen molar-refractivity contribution in [1.82, 2.24) is 4.90 Å². The number of amides is 1. The molecule has 100 valence electrons. The number of likely N-dealkylation sites (tertiary alicyclic amines) is 1. The number of nitrogens with two attached hydrogens (primary N) is 1. The lowest BCUT2D eigenvalue weighted by molar-refractivity contribution is 0.0499. The van der Waals surface area contributed by atoms with E-state index in [1.807, 2.05) is 17.9 Å². The lowest BCUT2D eigenvalue weighted by Crippen LogP contribution is -2.51. The maximum Gasteiger partial charge on any atom is 0.289 e. The van der Waals surface area contributed by atoms with E-state index in [0.717, 1.165) is 31.6 Å². The van der Waals surface area contributed by atoms with Gasteiger partial charge in [-0.25, -0.2) is 0 Å². The number of nitrogens with zero attached hydrogens (tertiary/aromatic N) is 1. The average molecular weight is 250 g/mol. The van der Waals surface area contributed by atoms with E-state index in [2.05, 4.69) is 6.92 Å². The van der Waals surface area contributed by atoms with Gasteiger partial charge in [0.1, 0.15) is 5.76 Å². The highest BCUT2D eigenvalue weighted by atomic mass is 16.4. The fourth-order valence-corrected chi connectivity index (χ4v) is 2.69. The molecule has 2 N–H and O–H groups in total. The number of furan rings is 1. The topological polar surface area (TPSA) is 59.5 Å². The van der Waals surface area contributed by atoms with Gasteiger partial charge in [-0.15, -0.1) is 0 Å². The Morgan fingerprint density at radius 2 is 2.33 bits per heavy atom. The molecule has 1 fully saturated rings. The molecular formula is C14H22N2O2. The molecule has 18 heavy (non-hydrogen) atoms. The highest BCUT2D eigenvalue weighted by molar-refractivity contribution is 5.91. The first-order chi connectivity index (χ1) is 8.67. The Morgan fingerprint density at radius 3 is 2.94 bits per heavy atom. The van der Waals surface area contributed by atoms with Crippen LogP contribution in [0.25, 0.3) is 0 Å². The molecule has 1 aromatic rings. The van der Waals surface area contributed by atoms with Crippen LogP contribution in [0.4, 0.5) is 0 Å². The van der Waals surface area contributed by atoms with Gasteiger partial charge in [0.05, 0.1) is 0 Å². The molecule has 0 bridgehead atoms. The first-order valence-corrected chi connectivity index (χ1v) is 6.77. The minimum Gasteiger partial charge on any atom is -0.456 e. The lowest BCUT2D eigenvalue weighted by atomic mass is 9.90. The summed E-state index contributed by atoms with van der Waals surface area (Å²) in [6.07, 6.45) is 3.00. The third kappa shape index (κ3) is 2.43. The van der Waals surface area contributed by atoms with E-state index in [1.165, 1.54) is 0 Å². The van der Waals surface area contributed by atoms with Crippen LogP contribution in [0.5, 0.6) is 0 Å². The zero-order valence-electron chi connectivity index (χ0n) is 11.2. The summed E-state index contributed by atoms with van der Waals surface area (Å²) in [5.74, 6) is 1.75. The molecule has 1 aromatic heterocycles. The Labute approximate surface area is 108 Å². The van der Waals surface area contributed by atoms with Gasteiger partial charge in [0.15, 0.2) is 5.76 Å². The molecule has 0 radical (unpaired) electrons. The zero-order chi connectivity index (χ0) is 13.1. The quantitative estimate of drug-likeness (QED) is 0.893. The molecule has 2 rings (SSSR count). The summed E-state index contributed by atoms with van der Waals surface area (Å²) in [4.78, 5) is 14.3. The Kier molecular flexibility index (Phi) is 4.07. The monoisotopic (exact) mass is 250 g/mol. The molecule has 1 saturated heterocycles. The van der Waals surface area contributed by atoms with Gasteiger partial charge in [-0.3, -0.25) is 4.79 Å². The average Bonchev–Trinajstić information content (AvgIpc) is 2.86. The SMILES string of the molecule is CCc1ccc(C(=O)N2CCCC(C)C2CN)o1. The second-order valence-corrected chi connectivity index (χ2v) is 5.04. The third-order valence-corrected chi connectivity index (χ3v) is 3.84. The van der Waals surface area contributed by atoms with Crippen LogP contribution < -0.4 is 5.73 Å². The highest BCUT2D eigenvalue weighted by Crippen LogP contribution is 2.24. The molecule has 1 amide bonds. The maximum absolute atomic E-state index is 12.4. The van der Waals surface area contributed by atoms with E-state index < -0.39 is 0 Å². The second-order valence-electron chi connectivity index (χ2n) is 5.04. The molecule has 2 unspecified atom stereocenters. The van der Waals surface area contributed by atoms with Gasteiger partial charge in [-0.1, -0.05) is 13.8 Å². The number of aryl methyl sites for hydroxylation is 1. The molecule has 1 aliphatic rings. The fraction of sp³-hybridized carbons (Fsp3) is 0.643. The maximum atomic E-state index is 12.4. The van der Waals surface area contributed by atoms with Gasteiger partial charge in [0.25, 0.3) is 5.91 Å². The van der Waals surface area contributed by atoms with Gasteiger partial charge in [0.2, 0.25) is 0 Å². The predicted octanol–water partition coefficient (Wildman–Crippen LogP) is 2.04. The Balaban J connectivity index is 2.16. The minimum absolute atomic E-state index is 0.0169. The number of piperidine rings is 1. The van der Waals surface area contributed by atoms with Crippen molar-refractivity contribution in [2.45, 2.75) is 39.2 Å². The molecule has 0 saturated carbocycles. The van der Waals surface area contributed by atoms with Crippen LogP contribution in [0.1, 0.15) is 43.0 Å². The largest absolute Gasteiger partial charge is 0.456 e. The van der Waals surface area contributed by atoms with E-state index in [1.54, 1.807) is 6.07 Å². The molecular weight excluding hydrogens is 228 g/mol. The number of rotatable bonds is 3. The Morgan fingerprint density at radius 1 is 1.56 bits per heavy atom. The van der Waals surface area contributed by atoms with Crippen LogP contribution in [-0.4, -0.2) is 29.9 Å². The summed E-state index contributed by atoms with van der Waals surface area (Å²) < 4.78 is 5.54. The first-order valence-electron chi connectivity index (χ1n) is 6.77. The van der Waals surface area contributed by atoms with E-state index in [4.69, 9.17) is 10.2 Å². The molecule has 0 aliphatic carbocycles. The van der Waals surface area contributed by atoms with Crippen LogP contribution in [-0.2, 0) is 6.42 Å². The lowest BCUT2D eigenvalue weighted by Gasteiger charge is -2.38. The number of hydrogen-bond donors (Lipinski definition) is 1. The van der Waals surface area contributed by atoms with Crippen LogP contribution >= 0.6 is 0 Å². The van der Waals surface area contributed by atoms with Crippen LogP contribution in [0.15, 0.2) is 16.5 Å². The summed E-state index contributed by atoms with van der Waals surface area (Å²) >= 11 is 0. The van der Waals surface area contributed by atoms with Crippen molar-refractivity contribution in [2.24, 2.45) is 11.7 Å². The molecule has 4 nitrogen and oxygen atoms in total. The summed E-state index contributed by atoms with van der Waals surface area (Å²) in [6, 6.07) is 3.79. The van der Waals surface area contributed by atoms with Crippen molar-refractivity contribution in [1.29, 1.82) is 0 Å². The van der Waals surface area contributed by atoms with Crippen molar-refractivity contribution in [3.8, 4) is 0 Å². The van der Waals surface area contributed by atoms with E-state index in [0.29, 0.717) is 18.2 Å².